The molecular weight excluding hydrogens is 850 g/mol. The van der Waals surface area contributed by atoms with Crippen LogP contribution in [0, 0.1) is 19.7 Å². The molecule has 0 radical (unpaired) electrons. The second kappa shape index (κ2) is 18.6. The maximum Gasteiger partial charge on any atom is 0.326 e. The molecule has 322 valence electrons. The molecule has 3 atom stereocenters. The molecule has 0 saturated carbocycles. The lowest BCUT2D eigenvalue weighted by Crippen LogP contribution is -2.56. The van der Waals surface area contributed by atoms with E-state index in [1.165, 1.54) is 23.1 Å². The van der Waals surface area contributed by atoms with Gasteiger partial charge in [-0.25, -0.2) is 14.0 Å². The summed E-state index contributed by atoms with van der Waals surface area (Å²) >= 11 is 12.2. The molecule has 0 fully saturated rings. The Morgan fingerprint density at radius 3 is 2.38 bits per heavy atom. The fourth-order valence-corrected chi connectivity index (χ4v) is 7.67. The molecule has 6 aromatic rings. The third-order valence-corrected chi connectivity index (χ3v) is 11.7. The number of ether oxygens (including phenoxy) is 4. The van der Waals surface area contributed by atoms with E-state index in [1.54, 1.807) is 60.8 Å². The monoisotopic (exact) mass is 890 g/mol. The number of nitrogens with one attached hydrogen (secondary N) is 2. The number of hydrogen-bond acceptors (Lipinski definition) is 8. The Morgan fingerprint density at radius 1 is 0.889 bits per heavy atom. The van der Waals surface area contributed by atoms with Crippen LogP contribution in [0.1, 0.15) is 45.2 Å². The zero-order valence-electron chi connectivity index (χ0n) is 34.1. The third-order valence-electron chi connectivity index (χ3n) is 10.9. The van der Waals surface area contributed by atoms with Crippen LogP contribution in [-0.4, -0.2) is 51.6 Å². The number of fused-ring (bicyclic) bond motifs is 2. The van der Waals surface area contributed by atoms with Gasteiger partial charge in [-0.05, 0) is 114 Å². The van der Waals surface area contributed by atoms with Gasteiger partial charge in [-0.2, -0.15) is 0 Å². The van der Waals surface area contributed by atoms with Crippen LogP contribution in [0.4, 0.5) is 14.9 Å². The molecule has 3 N–H and O–H groups in total. The van der Waals surface area contributed by atoms with Gasteiger partial charge in [0.1, 0.15) is 48.4 Å². The summed E-state index contributed by atoms with van der Waals surface area (Å²) in [6.45, 7) is 4.27. The van der Waals surface area contributed by atoms with Gasteiger partial charge in [0, 0.05) is 42.5 Å². The van der Waals surface area contributed by atoms with Gasteiger partial charge in [-0.15, -0.1) is 0 Å². The van der Waals surface area contributed by atoms with Crippen molar-refractivity contribution >= 4 is 46.8 Å². The summed E-state index contributed by atoms with van der Waals surface area (Å²) in [5, 5.41) is 16.5. The predicted molar refractivity (Wildman–Crippen MR) is 234 cm³/mol. The van der Waals surface area contributed by atoms with E-state index in [0.29, 0.717) is 56.5 Å². The number of pyridine rings is 1. The minimum absolute atomic E-state index is 0.0355. The smallest absolute Gasteiger partial charge is 0.326 e. The second-order valence-electron chi connectivity index (χ2n) is 15.2. The van der Waals surface area contributed by atoms with Crippen molar-refractivity contribution < 1.29 is 42.8 Å². The zero-order valence-corrected chi connectivity index (χ0v) is 35.6. The van der Waals surface area contributed by atoms with Gasteiger partial charge in [0.25, 0.3) is 0 Å². The van der Waals surface area contributed by atoms with E-state index in [1.807, 2.05) is 44.2 Å². The molecule has 3 amide bonds. The molecular formula is C48H41Cl2FN4O8. The largest absolute Gasteiger partial charge is 0.489 e. The summed E-state index contributed by atoms with van der Waals surface area (Å²) < 4.78 is 38.7. The first-order valence-electron chi connectivity index (χ1n) is 20.0. The van der Waals surface area contributed by atoms with Gasteiger partial charge in [-0.1, -0.05) is 59.6 Å². The minimum atomic E-state index is -1.33. The number of aryl methyl sites for hydroxylation is 1. The van der Waals surface area contributed by atoms with E-state index in [4.69, 9.17) is 42.1 Å². The summed E-state index contributed by atoms with van der Waals surface area (Å²) in [5.74, 6) is 0.285. The van der Waals surface area contributed by atoms with Gasteiger partial charge in [0.15, 0.2) is 17.6 Å². The van der Waals surface area contributed by atoms with Crippen LogP contribution in [-0.2, 0) is 35.6 Å². The highest BCUT2D eigenvalue weighted by Crippen LogP contribution is 2.41. The van der Waals surface area contributed by atoms with E-state index < -0.39 is 41.9 Å². The predicted octanol–water partition coefficient (Wildman–Crippen LogP) is 9.80. The molecule has 0 saturated heterocycles. The molecule has 2 aliphatic rings. The Morgan fingerprint density at radius 2 is 1.63 bits per heavy atom. The van der Waals surface area contributed by atoms with Crippen molar-refractivity contribution in [2.24, 2.45) is 0 Å². The number of rotatable bonds is 12. The van der Waals surface area contributed by atoms with Crippen molar-refractivity contribution in [2.75, 3.05) is 11.9 Å². The molecule has 0 spiro atoms. The van der Waals surface area contributed by atoms with Gasteiger partial charge >= 0.3 is 12.0 Å². The normalized spacial score (nSPS) is 15.7. The molecule has 63 heavy (non-hydrogen) atoms. The average molecular weight is 892 g/mol. The summed E-state index contributed by atoms with van der Waals surface area (Å²) in [5.41, 5.74) is 5.69. The molecule has 0 aliphatic carbocycles. The van der Waals surface area contributed by atoms with E-state index >= 15 is 0 Å². The lowest BCUT2D eigenvalue weighted by atomic mass is 9.92. The van der Waals surface area contributed by atoms with Crippen LogP contribution in [0.3, 0.4) is 0 Å². The Labute approximate surface area is 372 Å². The average Bonchev–Trinajstić information content (AvgIpc) is 3.27. The standard InChI is InChI=1S/C48H41Cl2FN4O8/c1-27-28(2)52-17-16-42(27)62-37-11-6-29(7-12-37)19-40(47(57)58)54-46(56)41-20-32-21-43-44(22-33(32)24-55(41)48(59)53-35-5-3-4-34(51)23-35)63-45(26-61-43)31-9-13-36(14-10-31)60-25-30-8-15-38(49)39(50)18-30/h3-18,21-23,40-41,45H,19-20,24-26H2,1-2H3,(H,53,59)(H,54,56)(H,57,58)/t40-,41-,45+/m0/s1. The summed E-state index contributed by atoms with van der Waals surface area (Å²) in [6, 6.07) is 27.3. The zero-order chi connectivity index (χ0) is 44.2. The molecule has 15 heteroatoms. The molecule has 1 aromatic heterocycles. The Bertz CT molecular complexity index is 2680. The van der Waals surface area contributed by atoms with Gasteiger partial charge in [-0.3, -0.25) is 9.78 Å². The maximum absolute atomic E-state index is 14.1. The van der Waals surface area contributed by atoms with E-state index in [2.05, 4.69) is 15.6 Å². The number of urea groups is 1. The Hall–Kier alpha value is -6.83. The van der Waals surface area contributed by atoms with E-state index in [0.717, 1.165) is 34.0 Å². The number of benzene rings is 5. The molecule has 3 heterocycles. The van der Waals surface area contributed by atoms with Crippen molar-refractivity contribution in [3.8, 4) is 28.7 Å². The number of nitrogens with zero attached hydrogens (tertiary/aromatic N) is 2. The van der Waals surface area contributed by atoms with Crippen LogP contribution in [0.5, 0.6) is 28.7 Å². The lowest BCUT2D eigenvalue weighted by Gasteiger charge is -2.37. The molecule has 5 aromatic carbocycles. The minimum Gasteiger partial charge on any atom is -0.489 e. The van der Waals surface area contributed by atoms with E-state index in [9.17, 15) is 23.9 Å². The second-order valence-corrected chi connectivity index (χ2v) is 16.1. The van der Waals surface area contributed by atoms with Crippen LogP contribution >= 0.6 is 23.2 Å². The number of anilines is 1. The highest BCUT2D eigenvalue weighted by atomic mass is 35.5. The Kier molecular flexibility index (Phi) is 12.7. The molecule has 12 nitrogen and oxygen atoms in total. The fraction of sp³-hybridized carbons (Fsp3) is 0.208. The highest BCUT2D eigenvalue weighted by molar-refractivity contribution is 6.42. The number of carbonyl (C=O) groups excluding carboxylic acids is 2. The van der Waals surface area contributed by atoms with Crippen molar-refractivity contribution in [1.82, 2.24) is 15.2 Å². The van der Waals surface area contributed by atoms with Gasteiger partial charge < -0.3 is 39.6 Å². The number of hydrogen-bond donors (Lipinski definition) is 3. The van der Waals surface area contributed by atoms with E-state index in [-0.39, 0.29) is 31.7 Å². The first-order chi connectivity index (χ1) is 30.4. The topological polar surface area (TPSA) is 149 Å². The SMILES string of the molecule is Cc1nccc(Oc2ccc(C[C@H](NC(=O)[C@@H]3Cc4cc5c(cc4CN3C(=O)Nc3cccc(F)c3)O[C@@H](c3ccc(OCc4ccc(Cl)c(Cl)c4)cc3)CO5)C(=O)O)cc2)c1C. The first-order valence-corrected chi connectivity index (χ1v) is 20.8. The number of carboxylic acids is 1. The molecule has 2 aliphatic heterocycles. The van der Waals surface area contributed by atoms with Gasteiger partial charge in [0.2, 0.25) is 5.91 Å². The van der Waals surface area contributed by atoms with Gasteiger partial charge in [0.05, 0.1) is 10.0 Å². The number of amides is 3. The number of halogens is 3. The maximum atomic E-state index is 14.1. The number of carboxylic acid groups (broad SMARTS) is 1. The molecule has 0 unspecified atom stereocenters. The fourth-order valence-electron chi connectivity index (χ4n) is 7.35. The Balaban J connectivity index is 0.973. The third kappa shape index (κ3) is 10.1. The van der Waals surface area contributed by atoms with Crippen molar-refractivity contribution in [3.63, 3.8) is 0 Å². The quantitative estimate of drug-likeness (QED) is 0.109. The molecule has 0 bridgehead atoms. The van der Waals surface area contributed by atoms with Crippen molar-refractivity contribution in [2.45, 2.75) is 58.0 Å². The van der Waals surface area contributed by atoms with Crippen LogP contribution in [0.25, 0.3) is 0 Å². The number of aromatic nitrogens is 1. The van der Waals surface area contributed by atoms with Crippen LogP contribution in [0.2, 0.25) is 10.0 Å². The summed E-state index contributed by atoms with van der Waals surface area (Å²) in [6.07, 6.45) is 1.20. The molecule has 8 rings (SSSR count). The first kappa shape index (κ1) is 42.8. The van der Waals surface area contributed by atoms with Crippen molar-refractivity contribution in [1.29, 1.82) is 0 Å². The van der Waals surface area contributed by atoms with Crippen LogP contribution < -0.4 is 29.6 Å². The number of aliphatic carboxylic acids is 1. The highest BCUT2D eigenvalue weighted by Gasteiger charge is 2.38. The van der Waals surface area contributed by atoms with Crippen LogP contribution in [0.15, 0.2) is 115 Å². The lowest BCUT2D eigenvalue weighted by molar-refractivity contribution is -0.142. The summed E-state index contributed by atoms with van der Waals surface area (Å²) in [4.78, 5) is 46.2. The van der Waals surface area contributed by atoms with Crippen molar-refractivity contribution in [3.05, 3.63) is 170 Å². The summed E-state index contributed by atoms with van der Waals surface area (Å²) in [7, 11) is 0. The number of carbonyl (C=O) groups is 3.